The Hall–Kier alpha value is -0.640. The summed E-state index contributed by atoms with van der Waals surface area (Å²) in [5, 5.41) is 0.710. The molecule has 18 heavy (non-hydrogen) atoms. The Bertz CT molecular complexity index is 367. The van der Waals surface area contributed by atoms with Crippen LogP contribution in [-0.2, 0) is 11.2 Å². The predicted octanol–water partition coefficient (Wildman–Crippen LogP) is 2.95. The number of hydrogen-bond donors (Lipinski definition) is 1. The van der Waals surface area contributed by atoms with E-state index in [1.165, 1.54) is 19.3 Å². The number of nitrogens with zero attached hydrogens (tertiary/aromatic N) is 1. The third-order valence-electron chi connectivity index (χ3n) is 3.47. The van der Waals surface area contributed by atoms with Gasteiger partial charge in [-0.05, 0) is 50.2 Å². The SMILES string of the molecule is NC(CCC1CCCCO1)Cc1ccncc1Cl. The van der Waals surface area contributed by atoms with Crippen molar-refractivity contribution >= 4 is 11.6 Å². The molecular formula is C14H21ClN2O. The monoisotopic (exact) mass is 268 g/mol. The van der Waals surface area contributed by atoms with E-state index in [0.717, 1.165) is 31.4 Å². The lowest BCUT2D eigenvalue weighted by Crippen LogP contribution is -2.27. The summed E-state index contributed by atoms with van der Waals surface area (Å²) in [7, 11) is 0. The average Bonchev–Trinajstić information content (AvgIpc) is 2.40. The van der Waals surface area contributed by atoms with Crippen LogP contribution < -0.4 is 5.73 Å². The fourth-order valence-electron chi connectivity index (χ4n) is 2.39. The smallest absolute Gasteiger partial charge is 0.0621 e. The number of aromatic nitrogens is 1. The van der Waals surface area contributed by atoms with Gasteiger partial charge in [-0.15, -0.1) is 0 Å². The molecule has 0 aromatic carbocycles. The first-order valence-electron chi connectivity index (χ1n) is 6.71. The Morgan fingerprint density at radius 1 is 1.50 bits per heavy atom. The Kier molecular flexibility index (Phi) is 5.42. The lowest BCUT2D eigenvalue weighted by molar-refractivity contribution is 0.00915. The molecule has 0 saturated carbocycles. The first kappa shape index (κ1) is 13.8. The first-order chi connectivity index (χ1) is 8.75. The van der Waals surface area contributed by atoms with Crippen molar-refractivity contribution in [2.24, 2.45) is 5.73 Å². The molecule has 0 radical (unpaired) electrons. The van der Waals surface area contributed by atoms with Gasteiger partial charge in [0.1, 0.15) is 0 Å². The van der Waals surface area contributed by atoms with Gasteiger partial charge in [0.15, 0.2) is 0 Å². The second-order valence-electron chi connectivity index (χ2n) is 5.00. The van der Waals surface area contributed by atoms with Gasteiger partial charge in [-0.1, -0.05) is 11.6 Å². The van der Waals surface area contributed by atoms with Gasteiger partial charge in [0.05, 0.1) is 11.1 Å². The van der Waals surface area contributed by atoms with E-state index in [0.29, 0.717) is 11.1 Å². The van der Waals surface area contributed by atoms with Gasteiger partial charge >= 0.3 is 0 Å². The van der Waals surface area contributed by atoms with Crippen LogP contribution >= 0.6 is 11.6 Å². The van der Waals surface area contributed by atoms with Gasteiger partial charge < -0.3 is 10.5 Å². The molecule has 1 fully saturated rings. The molecule has 1 aromatic heterocycles. The molecule has 0 aliphatic carbocycles. The summed E-state index contributed by atoms with van der Waals surface area (Å²) in [5.74, 6) is 0. The molecule has 0 spiro atoms. The van der Waals surface area contributed by atoms with E-state index in [1.807, 2.05) is 6.07 Å². The lowest BCUT2D eigenvalue weighted by Gasteiger charge is -2.23. The fourth-order valence-corrected chi connectivity index (χ4v) is 2.59. The van der Waals surface area contributed by atoms with Crippen molar-refractivity contribution in [3.63, 3.8) is 0 Å². The molecule has 3 nitrogen and oxygen atoms in total. The van der Waals surface area contributed by atoms with Crippen LogP contribution in [0.2, 0.25) is 5.02 Å². The maximum atomic E-state index is 6.16. The molecule has 2 heterocycles. The minimum atomic E-state index is 0.149. The molecule has 1 aliphatic rings. The Morgan fingerprint density at radius 3 is 3.11 bits per heavy atom. The fraction of sp³-hybridized carbons (Fsp3) is 0.643. The van der Waals surface area contributed by atoms with Gasteiger partial charge in [0, 0.05) is 25.0 Å². The summed E-state index contributed by atoms with van der Waals surface area (Å²) >= 11 is 6.07. The van der Waals surface area contributed by atoms with Crippen LogP contribution in [0.4, 0.5) is 0 Å². The summed E-state index contributed by atoms with van der Waals surface area (Å²) in [5.41, 5.74) is 7.24. The first-order valence-corrected chi connectivity index (χ1v) is 7.09. The molecule has 2 unspecified atom stereocenters. The summed E-state index contributed by atoms with van der Waals surface area (Å²) in [6.45, 7) is 0.913. The number of halogens is 1. The zero-order chi connectivity index (χ0) is 12.8. The number of nitrogens with two attached hydrogens (primary N) is 1. The third-order valence-corrected chi connectivity index (χ3v) is 3.81. The molecular weight excluding hydrogens is 248 g/mol. The molecule has 2 rings (SSSR count). The van der Waals surface area contributed by atoms with Crippen molar-refractivity contribution in [1.29, 1.82) is 0 Å². The zero-order valence-electron chi connectivity index (χ0n) is 10.6. The van der Waals surface area contributed by atoms with E-state index < -0.39 is 0 Å². The van der Waals surface area contributed by atoms with Crippen molar-refractivity contribution in [1.82, 2.24) is 4.98 Å². The van der Waals surface area contributed by atoms with Crippen LogP contribution in [0, 0.1) is 0 Å². The van der Waals surface area contributed by atoms with Gasteiger partial charge in [-0.3, -0.25) is 4.98 Å². The summed E-state index contributed by atoms with van der Waals surface area (Å²) in [6.07, 6.45) is 10.4. The summed E-state index contributed by atoms with van der Waals surface area (Å²) < 4.78 is 5.71. The van der Waals surface area contributed by atoms with Crippen LogP contribution in [0.15, 0.2) is 18.5 Å². The van der Waals surface area contributed by atoms with Crippen LogP contribution in [0.5, 0.6) is 0 Å². The van der Waals surface area contributed by atoms with Crippen LogP contribution in [0.3, 0.4) is 0 Å². The van der Waals surface area contributed by atoms with Gasteiger partial charge in [-0.2, -0.15) is 0 Å². The molecule has 2 N–H and O–H groups in total. The highest BCUT2D eigenvalue weighted by atomic mass is 35.5. The normalized spacial score (nSPS) is 21.8. The van der Waals surface area contributed by atoms with E-state index >= 15 is 0 Å². The number of hydrogen-bond acceptors (Lipinski definition) is 3. The molecule has 0 bridgehead atoms. The topological polar surface area (TPSA) is 48.1 Å². The minimum Gasteiger partial charge on any atom is -0.378 e. The molecule has 2 atom stereocenters. The van der Waals surface area contributed by atoms with Crippen LogP contribution in [-0.4, -0.2) is 23.7 Å². The van der Waals surface area contributed by atoms with Crippen molar-refractivity contribution in [3.05, 3.63) is 29.0 Å². The maximum Gasteiger partial charge on any atom is 0.0621 e. The maximum absolute atomic E-state index is 6.16. The van der Waals surface area contributed by atoms with E-state index in [1.54, 1.807) is 12.4 Å². The highest BCUT2D eigenvalue weighted by Crippen LogP contribution is 2.20. The molecule has 0 amide bonds. The number of rotatable bonds is 5. The Labute approximate surface area is 114 Å². The van der Waals surface area contributed by atoms with Gasteiger partial charge in [-0.25, -0.2) is 0 Å². The highest BCUT2D eigenvalue weighted by molar-refractivity contribution is 6.31. The quantitative estimate of drug-likeness (QED) is 0.893. The Balaban J connectivity index is 1.74. The van der Waals surface area contributed by atoms with Gasteiger partial charge in [0.25, 0.3) is 0 Å². The van der Waals surface area contributed by atoms with E-state index in [9.17, 15) is 0 Å². The van der Waals surface area contributed by atoms with Crippen LogP contribution in [0.25, 0.3) is 0 Å². The average molecular weight is 269 g/mol. The van der Waals surface area contributed by atoms with Crippen molar-refractivity contribution in [2.75, 3.05) is 6.61 Å². The van der Waals surface area contributed by atoms with E-state index in [2.05, 4.69) is 4.98 Å². The van der Waals surface area contributed by atoms with Crippen molar-refractivity contribution < 1.29 is 4.74 Å². The third kappa shape index (κ3) is 4.23. The van der Waals surface area contributed by atoms with Gasteiger partial charge in [0.2, 0.25) is 0 Å². The van der Waals surface area contributed by atoms with E-state index in [-0.39, 0.29) is 6.04 Å². The lowest BCUT2D eigenvalue weighted by atomic mass is 9.98. The number of ether oxygens (including phenoxy) is 1. The van der Waals surface area contributed by atoms with E-state index in [4.69, 9.17) is 22.1 Å². The molecule has 1 saturated heterocycles. The molecule has 1 aromatic rings. The van der Waals surface area contributed by atoms with Crippen molar-refractivity contribution in [3.8, 4) is 0 Å². The largest absolute Gasteiger partial charge is 0.378 e. The molecule has 4 heteroatoms. The molecule has 1 aliphatic heterocycles. The standard InChI is InChI=1S/C14H21ClN2O/c15-14-10-17-7-6-11(14)9-12(16)4-5-13-3-1-2-8-18-13/h6-7,10,12-13H,1-5,8-9,16H2. The summed E-state index contributed by atoms with van der Waals surface area (Å²) in [4.78, 5) is 3.98. The van der Waals surface area contributed by atoms with Crippen LogP contribution in [0.1, 0.15) is 37.7 Å². The number of pyridine rings is 1. The van der Waals surface area contributed by atoms with Crippen molar-refractivity contribution in [2.45, 2.75) is 50.7 Å². The predicted molar refractivity (Wildman–Crippen MR) is 73.8 cm³/mol. The molecule has 100 valence electrons. The summed E-state index contributed by atoms with van der Waals surface area (Å²) in [6, 6.07) is 2.09. The highest BCUT2D eigenvalue weighted by Gasteiger charge is 2.15. The Morgan fingerprint density at radius 2 is 2.39 bits per heavy atom. The zero-order valence-corrected chi connectivity index (χ0v) is 11.4. The minimum absolute atomic E-state index is 0.149. The second kappa shape index (κ2) is 7.07. The second-order valence-corrected chi connectivity index (χ2v) is 5.40.